The van der Waals surface area contributed by atoms with Crippen molar-refractivity contribution >= 4 is 23.2 Å². The largest absolute Gasteiger partial charge is 0.326 e. The Morgan fingerprint density at radius 2 is 2.05 bits per heavy atom. The van der Waals surface area contributed by atoms with Crippen molar-refractivity contribution in [1.82, 2.24) is 0 Å². The van der Waals surface area contributed by atoms with Crippen LogP contribution in [0.5, 0.6) is 0 Å². The highest BCUT2D eigenvalue weighted by atomic mass is 19.1. The van der Waals surface area contributed by atoms with Gasteiger partial charge in [-0.05, 0) is 36.2 Å². The molecular weight excluding hydrogens is 283 g/mol. The highest BCUT2D eigenvalue weighted by molar-refractivity contribution is 6.05. The molecule has 0 saturated heterocycles. The van der Waals surface area contributed by atoms with Gasteiger partial charge in [0.15, 0.2) is 0 Å². The molecule has 1 atom stereocenters. The van der Waals surface area contributed by atoms with Crippen LogP contribution in [-0.4, -0.2) is 11.8 Å². The van der Waals surface area contributed by atoms with Gasteiger partial charge in [0.2, 0.25) is 11.8 Å². The number of hydrogen-bond acceptors (Lipinski definition) is 2. The van der Waals surface area contributed by atoms with Crippen LogP contribution in [0, 0.1) is 12.7 Å². The first-order valence-corrected chi connectivity index (χ1v) is 7.00. The maximum absolute atomic E-state index is 13.3. The van der Waals surface area contributed by atoms with Crippen LogP contribution < -0.4 is 10.6 Å². The van der Waals surface area contributed by atoms with Crippen LogP contribution in [0.3, 0.4) is 0 Å². The Morgan fingerprint density at radius 3 is 2.86 bits per heavy atom. The first-order chi connectivity index (χ1) is 10.5. The average Bonchev–Trinajstić information content (AvgIpc) is 2.50. The molecule has 1 aliphatic rings. The molecule has 0 aliphatic carbocycles. The normalized spacial score (nSPS) is 16.6. The topological polar surface area (TPSA) is 58.2 Å². The third-order valence-electron chi connectivity index (χ3n) is 3.77. The summed E-state index contributed by atoms with van der Waals surface area (Å²) in [5, 5.41) is 5.47. The summed E-state index contributed by atoms with van der Waals surface area (Å²) in [5.74, 6) is -1.50. The molecule has 1 unspecified atom stereocenters. The van der Waals surface area contributed by atoms with Crippen molar-refractivity contribution < 1.29 is 14.0 Å². The van der Waals surface area contributed by atoms with E-state index in [1.165, 1.54) is 12.1 Å². The quantitative estimate of drug-likeness (QED) is 0.894. The van der Waals surface area contributed by atoms with E-state index in [0.29, 0.717) is 11.4 Å². The monoisotopic (exact) mass is 298 g/mol. The van der Waals surface area contributed by atoms with Gasteiger partial charge in [0.05, 0.1) is 5.92 Å². The number of aryl methyl sites for hydroxylation is 1. The summed E-state index contributed by atoms with van der Waals surface area (Å²) in [5.41, 5.74) is 2.61. The van der Waals surface area contributed by atoms with E-state index >= 15 is 0 Å². The van der Waals surface area contributed by atoms with E-state index in [0.717, 1.165) is 11.1 Å². The zero-order valence-corrected chi connectivity index (χ0v) is 12.0. The predicted molar refractivity (Wildman–Crippen MR) is 82.2 cm³/mol. The summed E-state index contributed by atoms with van der Waals surface area (Å²) in [7, 11) is 0. The summed E-state index contributed by atoms with van der Waals surface area (Å²) < 4.78 is 13.3. The third kappa shape index (κ3) is 2.70. The molecule has 0 saturated carbocycles. The smallest absolute Gasteiger partial charge is 0.232 e. The SMILES string of the molecule is Cc1ccc(F)cc1NC(=O)C1CC(=O)Nc2ccccc21. The Balaban J connectivity index is 1.89. The minimum atomic E-state index is -0.576. The molecule has 1 heterocycles. The summed E-state index contributed by atoms with van der Waals surface area (Å²) >= 11 is 0. The number of amides is 2. The van der Waals surface area contributed by atoms with Crippen molar-refractivity contribution in [2.75, 3.05) is 10.6 Å². The van der Waals surface area contributed by atoms with E-state index in [-0.39, 0.29) is 18.2 Å². The summed E-state index contributed by atoms with van der Waals surface area (Å²) in [4.78, 5) is 24.3. The number of rotatable bonds is 2. The number of fused-ring (bicyclic) bond motifs is 1. The molecule has 22 heavy (non-hydrogen) atoms. The van der Waals surface area contributed by atoms with E-state index in [4.69, 9.17) is 0 Å². The van der Waals surface area contributed by atoms with Gasteiger partial charge in [-0.25, -0.2) is 4.39 Å². The molecule has 2 N–H and O–H groups in total. The Bertz CT molecular complexity index is 758. The Hall–Kier alpha value is -2.69. The van der Waals surface area contributed by atoms with Gasteiger partial charge in [0.1, 0.15) is 5.82 Å². The number of halogens is 1. The van der Waals surface area contributed by atoms with Crippen LogP contribution in [0.2, 0.25) is 0 Å². The maximum Gasteiger partial charge on any atom is 0.232 e. The summed E-state index contributed by atoms with van der Waals surface area (Å²) in [6, 6.07) is 11.4. The molecule has 1 aliphatic heterocycles. The minimum absolute atomic E-state index is 0.0806. The number of benzene rings is 2. The molecule has 0 fully saturated rings. The number of hydrogen-bond donors (Lipinski definition) is 2. The van der Waals surface area contributed by atoms with Gasteiger partial charge < -0.3 is 10.6 Å². The molecule has 5 heteroatoms. The maximum atomic E-state index is 13.3. The first-order valence-electron chi connectivity index (χ1n) is 7.00. The van der Waals surface area contributed by atoms with Crippen molar-refractivity contribution in [2.45, 2.75) is 19.3 Å². The number of nitrogens with one attached hydrogen (secondary N) is 2. The highest BCUT2D eigenvalue weighted by Crippen LogP contribution is 2.33. The van der Waals surface area contributed by atoms with Crippen molar-refractivity contribution in [1.29, 1.82) is 0 Å². The van der Waals surface area contributed by atoms with Gasteiger partial charge in [-0.1, -0.05) is 24.3 Å². The van der Waals surface area contributed by atoms with E-state index in [2.05, 4.69) is 10.6 Å². The number of para-hydroxylation sites is 1. The van der Waals surface area contributed by atoms with Crippen molar-refractivity contribution in [3.05, 3.63) is 59.4 Å². The van der Waals surface area contributed by atoms with Crippen molar-refractivity contribution in [3.8, 4) is 0 Å². The van der Waals surface area contributed by atoms with Crippen molar-refractivity contribution in [2.24, 2.45) is 0 Å². The number of carbonyl (C=O) groups is 2. The predicted octanol–water partition coefficient (Wildman–Crippen LogP) is 3.20. The second kappa shape index (κ2) is 5.60. The van der Waals surface area contributed by atoms with Gasteiger partial charge in [-0.2, -0.15) is 0 Å². The standard InChI is InChI=1S/C17H15FN2O2/c1-10-6-7-11(18)8-15(10)20-17(22)13-9-16(21)19-14-5-3-2-4-12(13)14/h2-8,13H,9H2,1H3,(H,19,21)(H,20,22). The number of carbonyl (C=O) groups excluding carboxylic acids is 2. The Kier molecular flexibility index (Phi) is 3.63. The molecular formula is C17H15FN2O2. The van der Waals surface area contributed by atoms with E-state index in [9.17, 15) is 14.0 Å². The fourth-order valence-corrected chi connectivity index (χ4v) is 2.59. The minimum Gasteiger partial charge on any atom is -0.326 e. The van der Waals surface area contributed by atoms with Gasteiger partial charge in [0.25, 0.3) is 0 Å². The zero-order chi connectivity index (χ0) is 15.7. The molecule has 2 aromatic rings. The van der Waals surface area contributed by atoms with E-state index < -0.39 is 11.7 Å². The lowest BCUT2D eigenvalue weighted by molar-refractivity contribution is -0.123. The lowest BCUT2D eigenvalue weighted by atomic mass is 9.89. The van der Waals surface area contributed by atoms with Gasteiger partial charge in [0, 0.05) is 17.8 Å². The fraction of sp³-hybridized carbons (Fsp3) is 0.176. The van der Waals surface area contributed by atoms with Crippen LogP contribution in [0.1, 0.15) is 23.5 Å². The lowest BCUT2D eigenvalue weighted by Gasteiger charge is -2.25. The second-order valence-electron chi connectivity index (χ2n) is 5.34. The average molecular weight is 298 g/mol. The molecule has 0 bridgehead atoms. The second-order valence-corrected chi connectivity index (χ2v) is 5.34. The lowest BCUT2D eigenvalue weighted by Crippen LogP contribution is -2.30. The molecule has 4 nitrogen and oxygen atoms in total. The molecule has 0 spiro atoms. The summed E-state index contributed by atoms with van der Waals surface area (Å²) in [6.45, 7) is 1.79. The van der Waals surface area contributed by atoms with Gasteiger partial charge in [-0.3, -0.25) is 9.59 Å². The Labute approximate surface area is 127 Å². The number of anilines is 2. The zero-order valence-electron chi connectivity index (χ0n) is 12.0. The highest BCUT2D eigenvalue weighted by Gasteiger charge is 2.30. The van der Waals surface area contributed by atoms with Crippen LogP contribution in [-0.2, 0) is 9.59 Å². The third-order valence-corrected chi connectivity index (χ3v) is 3.77. The molecule has 2 amide bonds. The van der Waals surface area contributed by atoms with Gasteiger partial charge in [-0.15, -0.1) is 0 Å². The molecule has 112 valence electrons. The van der Waals surface area contributed by atoms with E-state index in [1.54, 1.807) is 25.1 Å². The summed E-state index contributed by atoms with van der Waals surface area (Å²) in [6.07, 6.45) is 0.0806. The molecule has 2 aromatic carbocycles. The molecule has 3 rings (SSSR count). The molecule has 0 radical (unpaired) electrons. The fourth-order valence-electron chi connectivity index (χ4n) is 2.59. The van der Waals surface area contributed by atoms with Crippen LogP contribution >= 0.6 is 0 Å². The Morgan fingerprint density at radius 1 is 1.27 bits per heavy atom. The first kappa shape index (κ1) is 14.3. The van der Waals surface area contributed by atoms with Gasteiger partial charge >= 0.3 is 0 Å². The van der Waals surface area contributed by atoms with E-state index in [1.807, 2.05) is 12.1 Å². The van der Waals surface area contributed by atoms with Crippen LogP contribution in [0.25, 0.3) is 0 Å². The molecule has 0 aromatic heterocycles. The van der Waals surface area contributed by atoms with Crippen LogP contribution in [0.15, 0.2) is 42.5 Å². The van der Waals surface area contributed by atoms with Crippen LogP contribution in [0.4, 0.5) is 15.8 Å². The van der Waals surface area contributed by atoms with Crippen molar-refractivity contribution in [3.63, 3.8) is 0 Å².